The number of Topliss-reactive ketones (excluding diaryl/α,β-unsaturated/α-hetero) is 2. The van der Waals surface area contributed by atoms with Crippen LogP contribution < -0.4 is 30.0 Å². The number of pyridine rings is 2. The fraction of sp³-hybridized carbons (Fsp3) is 0.383. The van der Waals surface area contributed by atoms with E-state index in [-0.39, 0.29) is 64.5 Å². The number of aromatic nitrogens is 2. The summed E-state index contributed by atoms with van der Waals surface area (Å²) in [6.07, 6.45) is -2.43. The van der Waals surface area contributed by atoms with E-state index in [0.717, 1.165) is 60.2 Å². The van der Waals surface area contributed by atoms with Crippen LogP contribution in [0.25, 0.3) is 22.5 Å². The van der Waals surface area contributed by atoms with Crippen LogP contribution in [-0.2, 0) is 28.1 Å². The molecule has 2 fully saturated rings. The van der Waals surface area contributed by atoms with E-state index < -0.39 is 65.6 Å². The lowest BCUT2D eigenvalue weighted by atomic mass is 9.85. The van der Waals surface area contributed by atoms with E-state index in [4.69, 9.17) is 34.8 Å². The van der Waals surface area contributed by atoms with Gasteiger partial charge in [-0.2, -0.15) is 13.2 Å². The number of aliphatic carboxylic acids is 1. The van der Waals surface area contributed by atoms with Gasteiger partial charge in [0.1, 0.15) is 11.4 Å². The Morgan fingerprint density at radius 2 is 1.23 bits per heavy atom. The Kier molecular flexibility index (Phi) is 18.1. The van der Waals surface area contributed by atoms with E-state index in [9.17, 15) is 42.2 Å². The third-order valence-corrected chi connectivity index (χ3v) is 13.8. The number of ketones is 2. The SMILES string of the molecule is COc1cc(C(=O)CCC(C)(O)c2ccc(CN)c(-c3ccc(C)cc3)n2)ccc1OC1CC1.COc1cc(C(=O)CCC(O)(c2cc(C(C)(C)NCC(=O)O)cc(-c3ccc(F)c(C)c3)n2)C(F)(F)F)ccc1OC1CC1. The van der Waals surface area contributed by atoms with Crippen molar-refractivity contribution in [1.82, 2.24) is 15.3 Å². The number of halogens is 4. The first-order valence-electron chi connectivity index (χ1n) is 25.7. The molecule has 0 amide bonds. The molecule has 8 rings (SSSR count). The molecule has 0 aliphatic heterocycles. The molecule has 0 saturated heterocycles. The van der Waals surface area contributed by atoms with Crippen molar-refractivity contribution in [1.29, 1.82) is 0 Å². The molecule has 2 aliphatic carbocycles. The highest BCUT2D eigenvalue weighted by molar-refractivity contribution is 5.97. The van der Waals surface area contributed by atoms with E-state index in [1.54, 1.807) is 52.1 Å². The number of nitrogens with zero attached hydrogens (tertiary/aromatic N) is 2. The fourth-order valence-electron chi connectivity index (χ4n) is 8.46. The molecule has 0 radical (unpaired) electrons. The molecule has 2 unspecified atom stereocenters. The van der Waals surface area contributed by atoms with Crippen molar-refractivity contribution < 1.29 is 66.2 Å². The van der Waals surface area contributed by atoms with Gasteiger partial charge in [0.15, 0.2) is 34.6 Å². The van der Waals surface area contributed by atoms with E-state index in [2.05, 4.69) is 10.3 Å². The maximum Gasteiger partial charge on any atom is 0.422 e. The zero-order chi connectivity index (χ0) is 56.7. The summed E-state index contributed by atoms with van der Waals surface area (Å²) in [6, 6.07) is 27.7. The van der Waals surface area contributed by atoms with Gasteiger partial charge < -0.3 is 40.0 Å². The van der Waals surface area contributed by atoms with Crippen LogP contribution in [0.5, 0.6) is 23.0 Å². The molecule has 14 nitrogen and oxygen atoms in total. The van der Waals surface area contributed by atoms with Crippen molar-refractivity contribution in [2.45, 2.75) is 128 Å². The number of carboxylic acid groups (broad SMARTS) is 1. The lowest BCUT2D eigenvalue weighted by Gasteiger charge is -2.33. The van der Waals surface area contributed by atoms with Gasteiger partial charge in [-0.05, 0) is 163 Å². The molecule has 2 atom stereocenters. The van der Waals surface area contributed by atoms with Crippen LogP contribution in [0.4, 0.5) is 17.6 Å². The van der Waals surface area contributed by atoms with Gasteiger partial charge in [-0.1, -0.05) is 35.9 Å². The molecule has 414 valence electrons. The minimum Gasteiger partial charge on any atom is -0.493 e. The van der Waals surface area contributed by atoms with E-state index in [1.165, 1.54) is 50.4 Å². The first-order valence-corrected chi connectivity index (χ1v) is 25.7. The normalized spacial score (nSPS) is 15.0. The van der Waals surface area contributed by atoms with Crippen LogP contribution in [0.3, 0.4) is 0 Å². The summed E-state index contributed by atoms with van der Waals surface area (Å²) >= 11 is 0. The molecule has 4 aromatic carbocycles. The number of hydrogen-bond donors (Lipinski definition) is 5. The average molecular weight is 1080 g/mol. The maximum atomic E-state index is 14.7. The van der Waals surface area contributed by atoms with Crippen LogP contribution in [0.2, 0.25) is 0 Å². The Hall–Kier alpha value is -7.25. The molecule has 78 heavy (non-hydrogen) atoms. The summed E-state index contributed by atoms with van der Waals surface area (Å²) in [6.45, 7) is 8.18. The first kappa shape index (κ1) is 58.4. The van der Waals surface area contributed by atoms with E-state index in [0.29, 0.717) is 35.1 Å². The number of nitrogens with one attached hydrogen (secondary N) is 1. The molecule has 0 spiro atoms. The van der Waals surface area contributed by atoms with E-state index >= 15 is 0 Å². The minimum atomic E-state index is -5.26. The predicted molar refractivity (Wildman–Crippen MR) is 285 cm³/mol. The van der Waals surface area contributed by atoms with Crippen molar-refractivity contribution in [2.24, 2.45) is 5.73 Å². The molecular weight excluding hydrogens is 1010 g/mol. The fourth-order valence-corrected chi connectivity index (χ4v) is 8.46. The number of nitrogens with two attached hydrogens (primary N) is 1. The highest BCUT2D eigenvalue weighted by Gasteiger charge is 2.56. The number of hydrogen-bond acceptors (Lipinski definition) is 13. The average Bonchev–Trinajstić information content (AvgIpc) is 4.50. The summed E-state index contributed by atoms with van der Waals surface area (Å²) in [5.41, 5.74) is 4.68. The lowest BCUT2D eigenvalue weighted by molar-refractivity contribution is -0.270. The number of aliphatic hydroxyl groups is 2. The van der Waals surface area contributed by atoms with Crippen LogP contribution in [0, 0.1) is 19.7 Å². The Morgan fingerprint density at radius 1 is 0.679 bits per heavy atom. The van der Waals surface area contributed by atoms with Gasteiger partial charge in [-0.3, -0.25) is 19.7 Å². The second-order valence-corrected chi connectivity index (χ2v) is 20.6. The third-order valence-electron chi connectivity index (χ3n) is 13.8. The molecule has 2 aliphatic rings. The zero-order valence-corrected chi connectivity index (χ0v) is 44.7. The molecule has 6 N–H and O–H groups in total. The number of carbonyl (C=O) groups excluding carboxylic acids is 2. The van der Waals surface area contributed by atoms with Crippen LogP contribution in [-0.4, -0.2) is 82.0 Å². The van der Waals surface area contributed by atoms with Crippen molar-refractivity contribution >= 4 is 17.5 Å². The van der Waals surface area contributed by atoms with Crippen molar-refractivity contribution in [3.05, 3.63) is 154 Å². The smallest absolute Gasteiger partial charge is 0.422 e. The lowest BCUT2D eigenvalue weighted by Crippen LogP contribution is -2.44. The van der Waals surface area contributed by atoms with Crippen LogP contribution in [0.15, 0.2) is 103 Å². The number of ether oxygens (including phenoxy) is 4. The minimum absolute atomic E-state index is 0.00390. The van der Waals surface area contributed by atoms with Gasteiger partial charge in [-0.25, -0.2) is 14.4 Å². The third kappa shape index (κ3) is 14.5. The topological polar surface area (TPSA) is 213 Å². The quantitative estimate of drug-likeness (QED) is 0.0298. The van der Waals surface area contributed by atoms with Crippen LogP contribution in [0.1, 0.15) is 126 Å². The molecular formula is C60H66F4N4O10. The number of carboxylic acids is 1. The van der Waals surface area contributed by atoms with Crippen molar-refractivity contribution in [2.75, 3.05) is 20.8 Å². The number of carbonyl (C=O) groups is 3. The highest BCUT2D eigenvalue weighted by atomic mass is 19.4. The summed E-state index contributed by atoms with van der Waals surface area (Å²) in [5.74, 6) is -0.571. The van der Waals surface area contributed by atoms with Crippen molar-refractivity contribution in [3.63, 3.8) is 0 Å². The first-order chi connectivity index (χ1) is 36.8. The Morgan fingerprint density at radius 3 is 1.73 bits per heavy atom. The zero-order valence-electron chi connectivity index (χ0n) is 44.7. The van der Waals surface area contributed by atoms with Gasteiger partial charge in [0, 0.05) is 47.2 Å². The summed E-state index contributed by atoms with van der Waals surface area (Å²) in [4.78, 5) is 46.2. The molecule has 2 saturated carbocycles. The second kappa shape index (κ2) is 24.2. The number of aryl methyl sites for hydroxylation is 2. The molecule has 2 aromatic heterocycles. The molecule has 6 aromatic rings. The van der Waals surface area contributed by atoms with Crippen molar-refractivity contribution in [3.8, 4) is 45.5 Å². The predicted octanol–water partition coefficient (Wildman–Crippen LogP) is 11.0. The summed E-state index contributed by atoms with van der Waals surface area (Å²) in [7, 11) is 2.95. The van der Waals surface area contributed by atoms with Crippen LogP contribution >= 0.6 is 0 Å². The maximum absolute atomic E-state index is 14.7. The van der Waals surface area contributed by atoms with Gasteiger partial charge in [0.05, 0.1) is 55.7 Å². The Bertz CT molecular complexity index is 3140. The van der Waals surface area contributed by atoms with Gasteiger partial charge in [0.25, 0.3) is 0 Å². The van der Waals surface area contributed by atoms with E-state index in [1.807, 2.05) is 37.3 Å². The van der Waals surface area contributed by atoms with Gasteiger partial charge >= 0.3 is 12.1 Å². The monoisotopic (exact) mass is 1080 g/mol. The summed E-state index contributed by atoms with van der Waals surface area (Å²) < 4.78 is 80.4. The summed E-state index contributed by atoms with van der Waals surface area (Å²) in [5, 5.41) is 34.4. The second-order valence-electron chi connectivity index (χ2n) is 20.6. The van der Waals surface area contributed by atoms with Gasteiger partial charge in [-0.15, -0.1) is 0 Å². The van der Waals surface area contributed by atoms with Gasteiger partial charge in [0.2, 0.25) is 5.60 Å². The number of rotatable bonds is 23. The highest BCUT2D eigenvalue weighted by Crippen LogP contribution is 2.44. The number of methoxy groups -OCH3 is 2. The molecule has 18 heteroatoms. The largest absolute Gasteiger partial charge is 0.493 e. The Balaban J connectivity index is 0.000000233. The molecule has 2 heterocycles. The Labute approximate surface area is 451 Å². The number of alkyl halides is 3. The standard InChI is InChI=1S/C32H34F4N2O6.C28H32N2O4/c1-18-13-19(5-9-23(18)33)24-15-21(30(2,3)37-17-29(40)41)16-28(38-24)31(42,32(34,35)36)12-11-25(39)20-6-10-26(27(14-20)43-4)44-22-7-8-22;1-18-4-6-19(7-5-18)27-21(17-29)9-13-26(30-27)28(2,32)15-14-23(31)20-8-12-24(25(16-20)33-3)34-22-10-11-22/h5-6,9-10,13-16,22,37,42H,7-8,11-12,17H2,1-4H3,(H,40,41);4-9,12-13,16,22,32H,10-11,14-15,17,29H2,1-3H3. The number of benzene rings is 4. The molecule has 0 bridgehead atoms.